The van der Waals surface area contributed by atoms with E-state index in [1.54, 1.807) is 24.3 Å². The zero-order chi connectivity index (χ0) is 13.0. The van der Waals surface area contributed by atoms with Crippen molar-refractivity contribution in [1.82, 2.24) is 0 Å². The summed E-state index contributed by atoms with van der Waals surface area (Å²) in [5.74, 6) is -0.739. The second kappa shape index (κ2) is 5.24. The van der Waals surface area contributed by atoms with Gasteiger partial charge in [0.05, 0.1) is 11.6 Å². The van der Waals surface area contributed by atoms with Crippen LogP contribution < -0.4 is 0 Å². The van der Waals surface area contributed by atoms with Crippen molar-refractivity contribution in [2.45, 2.75) is 0 Å². The van der Waals surface area contributed by atoms with E-state index >= 15 is 0 Å². The lowest BCUT2D eigenvalue weighted by atomic mass is 10.1. The van der Waals surface area contributed by atoms with Crippen LogP contribution in [-0.4, -0.2) is 0 Å². The molecule has 0 bridgehead atoms. The van der Waals surface area contributed by atoms with E-state index in [0.29, 0.717) is 5.56 Å². The summed E-state index contributed by atoms with van der Waals surface area (Å²) in [6, 6.07) is 11.9. The SMILES string of the molecule is N#Cc1cc(F)ccc1/C=C/c1ccc(F)cc1. The summed E-state index contributed by atoms with van der Waals surface area (Å²) >= 11 is 0. The fraction of sp³-hybridized carbons (Fsp3) is 0. The molecule has 0 aromatic heterocycles. The predicted molar refractivity (Wildman–Crippen MR) is 66.4 cm³/mol. The molecule has 0 spiro atoms. The van der Waals surface area contributed by atoms with Gasteiger partial charge in [-0.05, 0) is 35.4 Å². The molecule has 2 rings (SSSR count). The van der Waals surface area contributed by atoms with E-state index < -0.39 is 5.82 Å². The van der Waals surface area contributed by atoms with Gasteiger partial charge in [0.15, 0.2) is 0 Å². The van der Waals surface area contributed by atoms with Gasteiger partial charge in [0.2, 0.25) is 0 Å². The molecule has 0 unspecified atom stereocenters. The normalized spacial score (nSPS) is 10.5. The van der Waals surface area contributed by atoms with E-state index in [-0.39, 0.29) is 11.4 Å². The fourth-order valence-corrected chi connectivity index (χ4v) is 1.53. The summed E-state index contributed by atoms with van der Waals surface area (Å²) in [5, 5.41) is 8.88. The van der Waals surface area contributed by atoms with Crippen molar-refractivity contribution >= 4 is 12.2 Å². The van der Waals surface area contributed by atoms with Gasteiger partial charge in [0.1, 0.15) is 11.6 Å². The Morgan fingerprint density at radius 1 is 0.889 bits per heavy atom. The summed E-state index contributed by atoms with van der Waals surface area (Å²) in [6.45, 7) is 0. The summed E-state index contributed by atoms with van der Waals surface area (Å²) in [4.78, 5) is 0. The van der Waals surface area contributed by atoms with Crippen molar-refractivity contribution in [3.8, 4) is 6.07 Å². The van der Waals surface area contributed by atoms with Crippen LogP contribution in [0.3, 0.4) is 0 Å². The third-order valence-corrected chi connectivity index (χ3v) is 2.46. The van der Waals surface area contributed by atoms with Crippen LogP contribution in [0.1, 0.15) is 16.7 Å². The first-order valence-electron chi connectivity index (χ1n) is 5.32. The molecule has 88 valence electrons. The minimum Gasteiger partial charge on any atom is -0.207 e. The summed E-state index contributed by atoms with van der Waals surface area (Å²) < 4.78 is 25.6. The van der Waals surface area contributed by atoms with Gasteiger partial charge in [-0.2, -0.15) is 5.26 Å². The molecular weight excluding hydrogens is 232 g/mol. The number of rotatable bonds is 2. The van der Waals surface area contributed by atoms with Gasteiger partial charge in [0.25, 0.3) is 0 Å². The van der Waals surface area contributed by atoms with Crippen molar-refractivity contribution in [3.05, 3.63) is 70.8 Å². The predicted octanol–water partition coefficient (Wildman–Crippen LogP) is 4.01. The minimum atomic E-state index is -0.439. The molecule has 0 atom stereocenters. The van der Waals surface area contributed by atoms with Crippen LogP contribution in [0.15, 0.2) is 42.5 Å². The molecule has 3 heteroatoms. The van der Waals surface area contributed by atoms with Crippen molar-refractivity contribution in [2.24, 2.45) is 0 Å². The highest BCUT2D eigenvalue weighted by atomic mass is 19.1. The zero-order valence-electron chi connectivity index (χ0n) is 9.40. The van der Waals surface area contributed by atoms with Crippen LogP contribution >= 0.6 is 0 Å². The van der Waals surface area contributed by atoms with E-state index in [0.717, 1.165) is 5.56 Å². The number of nitriles is 1. The highest BCUT2D eigenvalue weighted by molar-refractivity contribution is 5.72. The first-order valence-corrected chi connectivity index (χ1v) is 5.32. The molecule has 0 radical (unpaired) electrons. The van der Waals surface area contributed by atoms with E-state index in [4.69, 9.17) is 5.26 Å². The van der Waals surface area contributed by atoms with Crippen LogP contribution in [0.25, 0.3) is 12.2 Å². The van der Waals surface area contributed by atoms with Gasteiger partial charge >= 0.3 is 0 Å². The second-order valence-corrected chi connectivity index (χ2v) is 3.73. The molecule has 0 heterocycles. The lowest BCUT2D eigenvalue weighted by Gasteiger charge is -1.98. The maximum atomic E-state index is 12.9. The zero-order valence-corrected chi connectivity index (χ0v) is 9.40. The molecule has 2 aromatic carbocycles. The van der Waals surface area contributed by atoms with Gasteiger partial charge in [-0.25, -0.2) is 8.78 Å². The standard InChI is InChI=1S/C15H9F2N/c16-14-6-2-11(3-7-14)1-4-12-5-8-15(17)9-13(12)10-18/h1-9H/b4-1+. The Balaban J connectivity index is 2.29. The Hall–Kier alpha value is -2.47. The van der Waals surface area contributed by atoms with E-state index in [1.165, 1.54) is 30.3 Å². The van der Waals surface area contributed by atoms with Crippen LogP contribution in [0, 0.1) is 23.0 Å². The molecule has 0 N–H and O–H groups in total. The number of nitrogens with zero attached hydrogens (tertiary/aromatic N) is 1. The first kappa shape index (κ1) is 12.0. The third-order valence-electron chi connectivity index (χ3n) is 2.46. The molecule has 0 amide bonds. The Bertz CT molecular complexity index is 622. The number of halogens is 2. The molecule has 1 nitrogen and oxygen atoms in total. The summed E-state index contributed by atoms with van der Waals surface area (Å²) in [5.41, 5.74) is 1.71. The monoisotopic (exact) mass is 241 g/mol. The molecule has 0 saturated carbocycles. The van der Waals surface area contributed by atoms with Crippen molar-refractivity contribution in [2.75, 3.05) is 0 Å². The molecule has 2 aromatic rings. The summed E-state index contributed by atoms with van der Waals surface area (Å²) in [6.07, 6.45) is 3.44. The average Bonchev–Trinajstić information content (AvgIpc) is 2.39. The fourth-order valence-electron chi connectivity index (χ4n) is 1.53. The smallest absolute Gasteiger partial charge is 0.124 e. The molecular formula is C15H9F2N. The van der Waals surface area contributed by atoms with Crippen LogP contribution in [0.4, 0.5) is 8.78 Å². The van der Waals surface area contributed by atoms with Crippen molar-refractivity contribution < 1.29 is 8.78 Å². The summed E-state index contributed by atoms with van der Waals surface area (Å²) in [7, 11) is 0. The Morgan fingerprint density at radius 2 is 1.56 bits per heavy atom. The maximum Gasteiger partial charge on any atom is 0.124 e. The molecule has 18 heavy (non-hydrogen) atoms. The van der Waals surface area contributed by atoms with Crippen LogP contribution in [0.2, 0.25) is 0 Å². The van der Waals surface area contributed by atoms with Gasteiger partial charge in [-0.15, -0.1) is 0 Å². The van der Waals surface area contributed by atoms with Gasteiger partial charge in [0, 0.05) is 0 Å². The van der Waals surface area contributed by atoms with Crippen LogP contribution in [0.5, 0.6) is 0 Å². The largest absolute Gasteiger partial charge is 0.207 e. The Kier molecular flexibility index (Phi) is 3.49. The Morgan fingerprint density at radius 3 is 2.22 bits per heavy atom. The molecule has 0 aliphatic carbocycles. The van der Waals surface area contributed by atoms with Gasteiger partial charge in [-0.1, -0.05) is 30.4 Å². The highest BCUT2D eigenvalue weighted by Gasteiger charge is 2.00. The number of hydrogen-bond donors (Lipinski definition) is 0. The molecule has 0 saturated heterocycles. The van der Waals surface area contributed by atoms with E-state index in [1.807, 2.05) is 6.07 Å². The lowest BCUT2D eigenvalue weighted by molar-refractivity contribution is 0.627. The molecule has 0 aliphatic rings. The number of benzene rings is 2. The second-order valence-electron chi connectivity index (χ2n) is 3.73. The first-order chi connectivity index (χ1) is 8.69. The average molecular weight is 241 g/mol. The van der Waals surface area contributed by atoms with E-state index in [9.17, 15) is 8.78 Å². The lowest BCUT2D eigenvalue weighted by Crippen LogP contribution is -1.84. The minimum absolute atomic E-state index is 0.272. The molecule has 0 aliphatic heterocycles. The van der Waals surface area contributed by atoms with Crippen molar-refractivity contribution in [1.29, 1.82) is 5.26 Å². The number of hydrogen-bond acceptors (Lipinski definition) is 1. The maximum absolute atomic E-state index is 12.9. The van der Waals surface area contributed by atoms with Gasteiger partial charge in [-0.3, -0.25) is 0 Å². The van der Waals surface area contributed by atoms with Gasteiger partial charge < -0.3 is 0 Å². The quantitative estimate of drug-likeness (QED) is 0.729. The van der Waals surface area contributed by atoms with E-state index in [2.05, 4.69) is 0 Å². The Labute approximate surface area is 104 Å². The topological polar surface area (TPSA) is 23.8 Å². The van der Waals surface area contributed by atoms with Crippen molar-refractivity contribution in [3.63, 3.8) is 0 Å². The molecule has 0 fully saturated rings. The highest BCUT2D eigenvalue weighted by Crippen LogP contribution is 2.14. The van der Waals surface area contributed by atoms with Crippen LogP contribution in [-0.2, 0) is 0 Å². The third kappa shape index (κ3) is 2.80.